The first kappa shape index (κ1) is 23.4. The molecule has 7 nitrogen and oxygen atoms in total. The number of amides is 2. The molecule has 5 rings (SSSR count). The van der Waals surface area contributed by atoms with Gasteiger partial charge in [0, 0.05) is 18.0 Å². The highest BCUT2D eigenvalue weighted by molar-refractivity contribution is 5.92. The van der Waals surface area contributed by atoms with Crippen LogP contribution in [0.5, 0.6) is 17.2 Å². The maximum Gasteiger partial charge on any atom is 0.323 e. The number of para-hydroxylation sites is 1. The summed E-state index contributed by atoms with van der Waals surface area (Å²) in [6, 6.07) is 25.0. The molecule has 1 atom stereocenters. The molecule has 1 N–H and O–H groups in total. The number of hydrogen-bond acceptors (Lipinski definition) is 4. The predicted octanol–water partition coefficient (Wildman–Crippen LogP) is 6.03. The van der Waals surface area contributed by atoms with E-state index in [1.807, 2.05) is 60.5 Å². The fourth-order valence-electron chi connectivity index (χ4n) is 4.69. The van der Waals surface area contributed by atoms with Crippen LogP contribution < -0.4 is 19.5 Å². The normalized spacial score (nSPS) is 14.3. The molecule has 2 amide bonds. The molecule has 0 fully saturated rings. The standard InChI is InChI=1S/C29H29N3O4/c1-4-36-22-13-11-20(12-14-22)28-26-10-7-17-31(26)25-9-6-5-8-21(25)19-32(28)29(33)30-24-16-15-23(34-2)18-27(24)35-3/h5-18,28H,4,19H2,1-3H3,(H,30,33). The molecule has 0 aliphatic carbocycles. The molecule has 0 spiro atoms. The summed E-state index contributed by atoms with van der Waals surface area (Å²) in [6.07, 6.45) is 2.05. The molecule has 1 aromatic heterocycles. The summed E-state index contributed by atoms with van der Waals surface area (Å²) in [7, 11) is 3.17. The van der Waals surface area contributed by atoms with Crippen molar-refractivity contribution < 1.29 is 19.0 Å². The fraction of sp³-hybridized carbons (Fsp3) is 0.207. The lowest BCUT2D eigenvalue weighted by Gasteiger charge is -2.31. The third-order valence-electron chi connectivity index (χ3n) is 6.38. The maximum atomic E-state index is 13.9. The van der Waals surface area contributed by atoms with Crippen LogP contribution in [0.2, 0.25) is 0 Å². The quantitative estimate of drug-likeness (QED) is 0.364. The van der Waals surface area contributed by atoms with Crippen molar-refractivity contribution >= 4 is 11.7 Å². The molecular formula is C29H29N3O4. The SMILES string of the molecule is CCOc1ccc(C2c3cccn3-c3ccccc3CN2C(=O)Nc2ccc(OC)cc2OC)cc1. The summed E-state index contributed by atoms with van der Waals surface area (Å²) in [5.74, 6) is 1.98. The van der Waals surface area contributed by atoms with Gasteiger partial charge >= 0.3 is 6.03 Å². The average Bonchev–Trinajstić information content (AvgIpc) is 3.34. The van der Waals surface area contributed by atoms with E-state index in [1.165, 1.54) is 0 Å². The number of nitrogens with one attached hydrogen (secondary N) is 1. The van der Waals surface area contributed by atoms with Gasteiger partial charge in [-0.05, 0) is 60.5 Å². The Balaban J connectivity index is 1.58. The van der Waals surface area contributed by atoms with Crippen molar-refractivity contribution in [2.75, 3.05) is 26.1 Å². The van der Waals surface area contributed by atoms with E-state index in [1.54, 1.807) is 32.4 Å². The summed E-state index contributed by atoms with van der Waals surface area (Å²) < 4.78 is 18.6. The molecule has 1 unspecified atom stereocenters. The zero-order valence-corrected chi connectivity index (χ0v) is 20.6. The average molecular weight is 484 g/mol. The summed E-state index contributed by atoms with van der Waals surface area (Å²) >= 11 is 0. The van der Waals surface area contributed by atoms with Crippen LogP contribution in [0, 0.1) is 0 Å². The zero-order valence-electron chi connectivity index (χ0n) is 20.6. The van der Waals surface area contributed by atoms with Crippen molar-refractivity contribution in [3.05, 3.63) is 102 Å². The smallest absolute Gasteiger partial charge is 0.323 e. The van der Waals surface area contributed by atoms with Gasteiger partial charge < -0.3 is 29.0 Å². The third-order valence-corrected chi connectivity index (χ3v) is 6.38. The number of nitrogens with zero attached hydrogens (tertiary/aromatic N) is 2. The van der Waals surface area contributed by atoms with Gasteiger partial charge in [-0.3, -0.25) is 0 Å². The summed E-state index contributed by atoms with van der Waals surface area (Å²) in [5.41, 5.74) is 4.68. The first-order valence-corrected chi connectivity index (χ1v) is 11.9. The lowest BCUT2D eigenvalue weighted by atomic mass is 10.0. The Kier molecular flexibility index (Phi) is 6.54. The van der Waals surface area contributed by atoms with E-state index >= 15 is 0 Å². The number of carbonyl (C=O) groups is 1. The number of anilines is 1. The van der Waals surface area contributed by atoms with Gasteiger partial charge in [-0.2, -0.15) is 0 Å². The van der Waals surface area contributed by atoms with Crippen LogP contribution in [0.3, 0.4) is 0 Å². The van der Waals surface area contributed by atoms with E-state index in [4.69, 9.17) is 14.2 Å². The Labute approximate surface area is 210 Å². The number of ether oxygens (including phenoxy) is 3. The molecule has 3 aromatic carbocycles. The molecule has 1 aliphatic heterocycles. The van der Waals surface area contributed by atoms with Crippen LogP contribution in [0.1, 0.15) is 29.8 Å². The first-order chi connectivity index (χ1) is 17.6. The number of aromatic nitrogens is 1. The monoisotopic (exact) mass is 483 g/mol. The lowest BCUT2D eigenvalue weighted by molar-refractivity contribution is 0.194. The fourth-order valence-corrected chi connectivity index (χ4v) is 4.69. The van der Waals surface area contributed by atoms with Gasteiger partial charge in [0.15, 0.2) is 0 Å². The van der Waals surface area contributed by atoms with Gasteiger partial charge in [0.2, 0.25) is 0 Å². The molecular weight excluding hydrogens is 454 g/mol. The number of methoxy groups -OCH3 is 2. The summed E-state index contributed by atoms with van der Waals surface area (Å²) in [4.78, 5) is 15.8. The molecule has 1 aliphatic rings. The number of carbonyl (C=O) groups excluding carboxylic acids is 1. The maximum absolute atomic E-state index is 13.9. The number of hydrogen-bond donors (Lipinski definition) is 1. The minimum absolute atomic E-state index is 0.234. The van der Waals surface area contributed by atoms with E-state index in [-0.39, 0.29) is 12.1 Å². The van der Waals surface area contributed by atoms with Crippen LogP contribution in [-0.2, 0) is 6.54 Å². The van der Waals surface area contributed by atoms with Crippen molar-refractivity contribution in [3.63, 3.8) is 0 Å². The van der Waals surface area contributed by atoms with Crippen molar-refractivity contribution in [2.45, 2.75) is 19.5 Å². The van der Waals surface area contributed by atoms with Gasteiger partial charge in [0.05, 0.1) is 44.8 Å². The largest absolute Gasteiger partial charge is 0.497 e. The molecule has 2 heterocycles. The minimum Gasteiger partial charge on any atom is -0.497 e. The van der Waals surface area contributed by atoms with Crippen molar-refractivity contribution in [2.24, 2.45) is 0 Å². The van der Waals surface area contributed by atoms with E-state index in [2.05, 4.69) is 28.1 Å². The number of fused-ring (bicyclic) bond motifs is 3. The molecule has 0 saturated heterocycles. The zero-order chi connectivity index (χ0) is 25.1. The van der Waals surface area contributed by atoms with Crippen LogP contribution in [0.25, 0.3) is 5.69 Å². The Morgan fingerprint density at radius 2 is 1.72 bits per heavy atom. The summed E-state index contributed by atoms with van der Waals surface area (Å²) in [5, 5.41) is 3.07. The van der Waals surface area contributed by atoms with Gasteiger partial charge in [-0.1, -0.05) is 30.3 Å². The Morgan fingerprint density at radius 1 is 0.944 bits per heavy atom. The third kappa shape index (κ3) is 4.35. The second-order valence-electron chi connectivity index (χ2n) is 8.46. The molecule has 4 aromatic rings. The predicted molar refractivity (Wildman–Crippen MR) is 139 cm³/mol. The summed E-state index contributed by atoms with van der Waals surface area (Å²) in [6.45, 7) is 2.99. The van der Waals surface area contributed by atoms with Gasteiger partial charge in [0.1, 0.15) is 17.2 Å². The van der Waals surface area contributed by atoms with E-state index in [9.17, 15) is 4.79 Å². The Morgan fingerprint density at radius 3 is 2.47 bits per heavy atom. The molecule has 0 radical (unpaired) electrons. The highest BCUT2D eigenvalue weighted by atomic mass is 16.5. The van der Waals surface area contributed by atoms with Crippen molar-refractivity contribution in [3.8, 4) is 22.9 Å². The van der Waals surface area contributed by atoms with Gasteiger partial charge in [-0.15, -0.1) is 0 Å². The number of urea groups is 1. The van der Waals surface area contributed by atoms with Gasteiger partial charge in [0.25, 0.3) is 0 Å². The second-order valence-corrected chi connectivity index (χ2v) is 8.46. The molecule has 184 valence electrons. The molecule has 7 heteroatoms. The molecule has 0 saturated carbocycles. The van der Waals surface area contributed by atoms with Crippen LogP contribution >= 0.6 is 0 Å². The van der Waals surface area contributed by atoms with Crippen LogP contribution in [0.4, 0.5) is 10.5 Å². The molecule has 0 bridgehead atoms. The second kappa shape index (κ2) is 10.1. The van der Waals surface area contributed by atoms with Crippen molar-refractivity contribution in [1.29, 1.82) is 0 Å². The van der Waals surface area contributed by atoms with E-state index in [0.717, 1.165) is 28.3 Å². The van der Waals surface area contributed by atoms with Crippen molar-refractivity contribution in [1.82, 2.24) is 9.47 Å². The van der Waals surface area contributed by atoms with Gasteiger partial charge in [-0.25, -0.2) is 4.79 Å². The first-order valence-electron chi connectivity index (χ1n) is 11.9. The van der Waals surface area contributed by atoms with Crippen LogP contribution in [0.15, 0.2) is 85.1 Å². The van der Waals surface area contributed by atoms with E-state index in [0.29, 0.717) is 30.3 Å². The highest BCUT2D eigenvalue weighted by Gasteiger charge is 2.33. The van der Waals surface area contributed by atoms with E-state index < -0.39 is 0 Å². The minimum atomic E-state index is -0.327. The number of benzene rings is 3. The number of rotatable bonds is 6. The molecule has 36 heavy (non-hydrogen) atoms. The Bertz CT molecular complexity index is 1360. The highest BCUT2D eigenvalue weighted by Crippen LogP contribution is 2.38. The Hall–Kier alpha value is -4.39. The lowest BCUT2D eigenvalue weighted by Crippen LogP contribution is -2.38. The van der Waals surface area contributed by atoms with Crippen LogP contribution in [-0.4, -0.2) is 36.3 Å². The topological polar surface area (TPSA) is 65.0 Å².